The summed E-state index contributed by atoms with van der Waals surface area (Å²) >= 11 is 0. The van der Waals surface area contributed by atoms with Crippen molar-refractivity contribution in [3.05, 3.63) is 11.6 Å². The summed E-state index contributed by atoms with van der Waals surface area (Å²) in [5, 5.41) is 8.76. The fourth-order valence-electron chi connectivity index (χ4n) is 1.50. The van der Waals surface area contributed by atoms with Gasteiger partial charge in [-0.1, -0.05) is 19.9 Å². The molecule has 0 aromatic carbocycles. The van der Waals surface area contributed by atoms with E-state index >= 15 is 0 Å². The molecular formula is C13H22N2O2. The maximum atomic E-state index is 11.4. The quantitative estimate of drug-likeness (QED) is 0.502. The number of carbonyl (C=O) groups excluding carboxylic acids is 1. The van der Waals surface area contributed by atoms with E-state index in [1.807, 2.05) is 26.8 Å². The van der Waals surface area contributed by atoms with Crippen LogP contribution < -0.4 is 0 Å². The van der Waals surface area contributed by atoms with Gasteiger partial charge in [0.25, 0.3) is 0 Å². The third-order valence-electron chi connectivity index (χ3n) is 2.62. The Morgan fingerprint density at radius 1 is 1.53 bits per heavy atom. The van der Waals surface area contributed by atoms with Gasteiger partial charge in [-0.05, 0) is 19.9 Å². The van der Waals surface area contributed by atoms with E-state index < -0.39 is 0 Å². The normalized spacial score (nSPS) is 13.3. The van der Waals surface area contributed by atoms with E-state index in [9.17, 15) is 4.79 Å². The number of esters is 1. The van der Waals surface area contributed by atoms with Crippen molar-refractivity contribution in [2.75, 3.05) is 26.7 Å². The van der Waals surface area contributed by atoms with Crippen molar-refractivity contribution in [3.8, 4) is 6.07 Å². The molecule has 17 heavy (non-hydrogen) atoms. The number of nitrogens with zero attached hydrogens (tertiary/aromatic N) is 2. The number of nitriles is 1. The van der Waals surface area contributed by atoms with Crippen LogP contribution in [0.25, 0.3) is 0 Å². The predicted molar refractivity (Wildman–Crippen MR) is 67.3 cm³/mol. The lowest BCUT2D eigenvalue weighted by Crippen LogP contribution is -2.28. The summed E-state index contributed by atoms with van der Waals surface area (Å²) in [7, 11) is 1.39. The minimum Gasteiger partial charge on any atom is -0.466 e. The Labute approximate surface area is 104 Å². The lowest BCUT2D eigenvalue weighted by Gasteiger charge is -2.19. The van der Waals surface area contributed by atoms with E-state index in [0.29, 0.717) is 18.5 Å². The summed E-state index contributed by atoms with van der Waals surface area (Å²) in [6.45, 7) is 8.13. The van der Waals surface area contributed by atoms with Crippen LogP contribution in [0.3, 0.4) is 0 Å². The molecular weight excluding hydrogens is 216 g/mol. The number of hydrogen-bond donors (Lipinski definition) is 0. The van der Waals surface area contributed by atoms with Gasteiger partial charge in [-0.3, -0.25) is 4.90 Å². The van der Waals surface area contributed by atoms with Gasteiger partial charge in [0.2, 0.25) is 0 Å². The van der Waals surface area contributed by atoms with E-state index in [1.165, 1.54) is 7.11 Å². The number of hydrogen-bond acceptors (Lipinski definition) is 4. The summed E-state index contributed by atoms with van der Waals surface area (Å²) in [4.78, 5) is 13.5. The lowest BCUT2D eigenvalue weighted by atomic mass is 10.1. The van der Waals surface area contributed by atoms with Crippen molar-refractivity contribution in [1.29, 1.82) is 5.26 Å². The van der Waals surface area contributed by atoms with Gasteiger partial charge in [0.1, 0.15) is 0 Å². The van der Waals surface area contributed by atoms with Crippen molar-refractivity contribution in [2.24, 2.45) is 5.92 Å². The van der Waals surface area contributed by atoms with Crippen LogP contribution in [0.1, 0.15) is 27.2 Å². The van der Waals surface area contributed by atoms with Crippen LogP contribution in [-0.4, -0.2) is 37.6 Å². The van der Waals surface area contributed by atoms with Crippen LogP contribution in [0.5, 0.6) is 0 Å². The summed E-state index contributed by atoms with van der Waals surface area (Å²) in [5.41, 5.74) is 0.690. The maximum Gasteiger partial charge on any atom is 0.333 e. The molecule has 0 aliphatic heterocycles. The smallest absolute Gasteiger partial charge is 0.333 e. The van der Waals surface area contributed by atoms with Crippen LogP contribution in [0, 0.1) is 17.2 Å². The molecule has 0 aromatic rings. The molecule has 0 aliphatic rings. The third kappa shape index (κ3) is 6.08. The predicted octanol–water partition coefficient (Wildman–Crippen LogP) is 1.98. The van der Waals surface area contributed by atoms with Gasteiger partial charge in [-0.2, -0.15) is 5.26 Å². The largest absolute Gasteiger partial charge is 0.466 e. The van der Waals surface area contributed by atoms with E-state index in [1.54, 1.807) is 0 Å². The van der Waals surface area contributed by atoms with E-state index in [2.05, 4.69) is 11.0 Å². The first kappa shape index (κ1) is 15.7. The second-order valence-corrected chi connectivity index (χ2v) is 3.96. The third-order valence-corrected chi connectivity index (χ3v) is 2.62. The number of methoxy groups -OCH3 is 1. The Morgan fingerprint density at radius 3 is 2.59 bits per heavy atom. The summed E-state index contributed by atoms with van der Waals surface area (Å²) in [6.07, 6.45) is 2.55. The van der Waals surface area contributed by atoms with Gasteiger partial charge in [-0.15, -0.1) is 0 Å². The molecule has 0 rings (SSSR count). The molecule has 0 aliphatic carbocycles. The van der Waals surface area contributed by atoms with E-state index in [4.69, 9.17) is 10.00 Å². The number of likely N-dealkylation sites (N-methyl/N-ethyl adjacent to an activating group) is 1. The molecule has 0 radical (unpaired) electrons. The molecule has 0 saturated heterocycles. The first-order valence-corrected chi connectivity index (χ1v) is 5.98. The molecule has 1 atom stereocenters. The topological polar surface area (TPSA) is 53.3 Å². The Kier molecular flexibility index (Phi) is 8.08. The summed E-state index contributed by atoms with van der Waals surface area (Å²) in [5.74, 6) is -0.261. The Balaban J connectivity index is 4.42. The number of rotatable bonds is 7. The minimum atomic E-state index is -0.267. The Morgan fingerprint density at radius 2 is 2.18 bits per heavy atom. The van der Waals surface area contributed by atoms with Crippen LogP contribution >= 0.6 is 0 Å². The Hall–Kier alpha value is -1.34. The molecule has 4 nitrogen and oxygen atoms in total. The summed E-state index contributed by atoms with van der Waals surface area (Å²) < 4.78 is 4.69. The van der Waals surface area contributed by atoms with Crippen molar-refractivity contribution in [2.45, 2.75) is 27.2 Å². The second kappa shape index (κ2) is 8.77. The number of carbonyl (C=O) groups is 1. The fourth-order valence-corrected chi connectivity index (χ4v) is 1.50. The zero-order valence-electron chi connectivity index (χ0n) is 11.2. The second-order valence-electron chi connectivity index (χ2n) is 3.96. The minimum absolute atomic E-state index is 0.00607. The van der Waals surface area contributed by atoms with Gasteiger partial charge in [0.15, 0.2) is 0 Å². The van der Waals surface area contributed by atoms with Crippen LogP contribution in [0.4, 0.5) is 0 Å². The average Bonchev–Trinajstić information content (AvgIpc) is 2.36. The Bertz CT molecular complexity index is 305. The van der Waals surface area contributed by atoms with Crippen molar-refractivity contribution in [3.63, 3.8) is 0 Å². The molecule has 4 heteroatoms. The molecule has 0 N–H and O–H groups in total. The molecule has 0 heterocycles. The molecule has 96 valence electrons. The van der Waals surface area contributed by atoms with E-state index in [-0.39, 0.29) is 11.9 Å². The molecule has 0 saturated carbocycles. The van der Waals surface area contributed by atoms with Gasteiger partial charge in [0, 0.05) is 18.7 Å². The fraction of sp³-hybridized carbons (Fsp3) is 0.692. The van der Waals surface area contributed by atoms with Crippen LogP contribution in [-0.2, 0) is 9.53 Å². The summed E-state index contributed by atoms with van der Waals surface area (Å²) in [6, 6.07) is 2.21. The van der Waals surface area contributed by atoms with Gasteiger partial charge >= 0.3 is 5.97 Å². The van der Waals surface area contributed by atoms with Crippen LogP contribution in [0.2, 0.25) is 0 Å². The lowest BCUT2D eigenvalue weighted by molar-refractivity contribution is -0.136. The van der Waals surface area contributed by atoms with Gasteiger partial charge in [-0.25, -0.2) is 4.79 Å². The van der Waals surface area contributed by atoms with Crippen molar-refractivity contribution >= 4 is 5.97 Å². The standard InChI is InChI=1S/C13H22N2O2/c1-5-12(13(16)17-4)7-8-15(6-2)10-11(3)9-14/h7,11H,5-6,8,10H2,1-4H3. The molecule has 0 bridgehead atoms. The highest BCUT2D eigenvalue weighted by Gasteiger charge is 2.09. The van der Waals surface area contributed by atoms with Gasteiger partial charge < -0.3 is 4.74 Å². The molecule has 0 spiro atoms. The highest BCUT2D eigenvalue weighted by atomic mass is 16.5. The first-order chi connectivity index (χ1) is 8.08. The molecule has 1 unspecified atom stereocenters. The van der Waals surface area contributed by atoms with Crippen LogP contribution in [0.15, 0.2) is 11.6 Å². The SMILES string of the molecule is CCC(=CCN(CC)CC(C)C#N)C(=O)OC. The zero-order valence-corrected chi connectivity index (χ0v) is 11.2. The van der Waals surface area contributed by atoms with Crippen molar-refractivity contribution in [1.82, 2.24) is 4.90 Å². The average molecular weight is 238 g/mol. The highest BCUT2D eigenvalue weighted by molar-refractivity contribution is 5.88. The van der Waals surface area contributed by atoms with E-state index in [0.717, 1.165) is 13.1 Å². The molecule has 0 amide bonds. The zero-order chi connectivity index (χ0) is 13.3. The maximum absolute atomic E-state index is 11.4. The highest BCUT2D eigenvalue weighted by Crippen LogP contribution is 2.05. The van der Waals surface area contributed by atoms with Gasteiger partial charge in [0.05, 0.1) is 19.1 Å². The number of ether oxygens (including phenoxy) is 1. The monoisotopic (exact) mass is 238 g/mol. The molecule has 0 fully saturated rings. The van der Waals surface area contributed by atoms with Crippen molar-refractivity contribution < 1.29 is 9.53 Å². The first-order valence-electron chi connectivity index (χ1n) is 5.98. The molecule has 0 aromatic heterocycles.